The van der Waals surface area contributed by atoms with E-state index in [0.717, 1.165) is 41.8 Å². The minimum atomic E-state index is -0.451. The number of amides is 2. The SMILES string of the molecule is CCc1c(Cl)cc([N+](=O)[O-])c(CC)c1N.CCc1ccc(N(Cc2ccc(C)cc2)C(=O)Nc2c(CC)c(Cl)cc([N+](=O)[O-])c2CC)cc1.CCc1ccc(NCc2ccc(C)cc2)cc1. The van der Waals surface area contributed by atoms with E-state index < -0.39 is 9.85 Å². The van der Waals surface area contributed by atoms with Gasteiger partial charge in [0.15, 0.2) is 0 Å². The molecule has 6 rings (SSSR count). The number of benzene rings is 6. The largest absolute Gasteiger partial charge is 0.398 e. The zero-order chi connectivity index (χ0) is 48.5. The molecule has 0 atom stereocenters. The molecule has 11 nitrogen and oxygen atoms in total. The second-order valence-corrected chi connectivity index (χ2v) is 16.6. The number of nitro benzene ring substituents is 2. The molecular formula is C53H62Cl2N6O5. The van der Waals surface area contributed by atoms with E-state index >= 15 is 0 Å². The van der Waals surface area contributed by atoms with E-state index in [2.05, 4.69) is 79.9 Å². The number of hydrogen-bond acceptors (Lipinski definition) is 7. The Hall–Kier alpha value is -6.43. The zero-order valence-corrected chi connectivity index (χ0v) is 40.8. The third-order valence-corrected chi connectivity index (χ3v) is 12.0. The first-order chi connectivity index (χ1) is 31.6. The first-order valence-corrected chi connectivity index (χ1v) is 23.2. The maximum Gasteiger partial charge on any atom is 0.326 e. The number of halogens is 2. The van der Waals surface area contributed by atoms with Crippen molar-refractivity contribution in [2.45, 2.75) is 107 Å². The van der Waals surface area contributed by atoms with E-state index in [4.69, 9.17) is 28.9 Å². The summed E-state index contributed by atoms with van der Waals surface area (Å²) in [4.78, 5) is 36.9. The molecule has 0 saturated carbocycles. The Balaban J connectivity index is 0.000000247. The molecule has 348 valence electrons. The van der Waals surface area contributed by atoms with Crippen molar-refractivity contribution in [3.63, 3.8) is 0 Å². The monoisotopic (exact) mass is 932 g/mol. The van der Waals surface area contributed by atoms with Gasteiger partial charge in [-0.1, -0.05) is 149 Å². The molecule has 0 aliphatic heterocycles. The molecule has 0 aliphatic carbocycles. The molecule has 6 aromatic carbocycles. The average molecular weight is 934 g/mol. The molecule has 13 heteroatoms. The van der Waals surface area contributed by atoms with E-state index in [9.17, 15) is 25.0 Å². The number of hydrogen-bond donors (Lipinski definition) is 3. The number of anilines is 4. The highest BCUT2D eigenvalue weighted by Crippen LogP contribution is 2.38. The molecule has 66 heavy (non-hydrogen) atoms. The fourth-order valence-electron chi connectivity index (χ4n) is 7.39. The number of nitrogens with one attached hydrogen (secondary N) is 2. The summed E-state index contributed by atoms with van der Waals surface area (Å²) >= 11 is 12.3. The summed E-state index contributed by atoms with van der Waals surface area (Å²) in [5.41, 5.74) is 18.4. The lowest BCUT2D eigenvalue weighted by Crippen LogP contribution is -2.35. The minimum Gasteiger partial charge on any atom is -0.398 e. The molecule has 6 aromatic rings. The lowest BCUT2D eigenvalue weighted by atomic mass is 10.0. The number of nitro groups is 2. The number of rotatable bonds is 15. The summed E-state index contributed by atoms with van der Waals surface area (Å²) in [5, 5.41) is 29.5. The van der Waals surface area contributed by atoms with E-state index in [0.29, 0.717) is 65.3 Å². The third kappa shape index (κ3) is 14.0. The van der Waals surface area contributed by atoms with Gasteiger partial charge in [0.25, 0.3) is 11.4 Å². The van der Waals surface area contributed by atoms with Gasteiger partial charge in [-0.25, -0.2) is 4.79 Å². The highest BCUT2D eigenvalue weighted by molar-refractivity contribution is 6.32. The summed E-state index contributed by atoms with van der Waals surface area (Å²) < 4.78 is 0. The Morgan fingerprint density at radius 1 is 0.576 bits per heavy atom. The molecule has 0 saturated heterocycles. The molecule has 0 spiro atoms. The van der Waals surface area contributed by atoms with Crippen LogP contribution in [0.4, 0.5) is 38.9 Å². The second kappa shape index (κ2) is 25.3. The Bertz CT molecular complexity index is 2570. The number of urea groups is 1. The highest BCUT2D eigenvalue weighted by Gasteiger charge is 2.26. The smallest absolute Gasteiger partial charge is 0.326 e. The maximum absolute atomic E-state index is 13.7. The van der Waals surface area contributed by atoms with Crippen molar-refractivity contribution < 1.29 is 14.6 Å². The second-order valence-electron chi connectivity index (χ2n) is 15.8. The molecule has 4 N–H and O–H groups in total. The topological polar surface area (TPSA) is 157 Å². The van der Waals surface area contributed by atoms with Crippen LogP contribution in [0, 0.1) is 34.1 Å². The molecule has 0 fully saturated rings. The zero-order valence-electron chi connectivity index (χ0n) is 39.3. The molecule has 0 aliphatic rings. The quantitative estimate of drug-likeness (QED) is 0.0525. The molecule has 2 amide bonds. The van der Waals surface area contributed by atoms with Crippen molar-refractivity contribution in [3.8, 4) is 0 Å². The van der Waals surface area contributed by atoms with E-state index in [-0.39, 0.29) is 22.4 Å². The van der Waals surface area contributed by atoms with Crippen molar-refractivity contribution >= 4 is 63.4 Å². The molecule has 0 unspecified atom stereocenters. The van der Waals surface area contributed by atoms with Gasteiger partial charge in [0.05, 0.1) is 43.3 Å². The van der Waals surface area contributed by atoms with Gasteiger partial charge in [-0.2, -0.15) is 0 Å². The summed E-state index contributed by atoms with van der Waals surface area (Å²) in [6, 6.07) is 35.5. The van der Waals surface area contributed by atoms with Crippen LogP contribution in [0.1, 0.15) is 97.2 Å². The van der Waals surface area contributed by atoms with Crippen molar-refractivity contribution in [1.29, 1.82) is 0 Å². The molecule has 0 bridgehead atoms. The lowest BCUT2D eigenvalue weighted by Gasteiger charge is -2.25. The van der Waals surface area contributed by atoms with Crippen LogP contribution < -0.4 is 21.3 Å². The van der Waals surface area contributed by atoms with Crippen LogP contribution in [0.15, 0.2) is 109 Å². The van der Waals surface area contributed by atoms with E-state index in [1.165, 1.54) is 40.1 Å². The number of carbonyl (C=O) groups excluding carboxylic acids is 1. The highest BCUT2D eigenvalue weighted by atomic mass is 35.5. The van der Waals surface area contributed by atoms with E-state index in [1.54, 1.807) is 4.90 Å². The van der Waals surface area contributed by atoms with Crippen LogP contribution in [-0.2, 0) is 51.6 Å². The number of nitrogen functional groups attached to an aromatic ring is 1. The van der Waals surface area contributed by atoms with Crippen molar-refractivity contribution in [2.24, 2.45) is 0 Å². The van der Waals surface area contributed by atoms with Crippen LogP contribution in [0.3, 0.4) is 0 Å². The Morgan fingerprint density at radius 2 is 1.00 bits per heavy atom. The normalized spacial score (nSPS) is 10.5. The van der Waals surface area contributed by atoms with E-state index in [1.807, 2.05) is 83.1 Å². The average Bonchev–Trinajstić information content (AvgIpc) is 3.31. The Morgan fingerprint density at radius 3 is 1.45 bits per heavy atom. The summed E-state index contributed by atoms with van der Waals surface area (Å²) in [6.45, 7) is 17.1. The van der Waals surface area contributed by atoms with Crippen molar-refractivity contribution in [2.75, 3.05) is 21.3 Å². The van der Waals surface area contributed by atoms with Gasteiger partial charge in [0.1, 0.15) is 0 Å². The van der Waals surface area contributed by atoms with Gasteiger partial charge in [0, 0.05) is 35.7 Å². The minimum absolute atomic E-state index is 0.0113. The molecule has 0 aromatic heterocycles. The predicted octanol–water partition coefficient (Wildman–Crippen LogP) is 14.6. The fraction of sp³-hybridized carbons (Fsp3) is 0.302. The van der Waals surface area contributed by atoms with Crippen molar-refractivity contribution in [1.82, 2.24) is 0 Å². The van der Waals surface area contributed by atoms with Gasteiger partial charge in [0.2, 0.25) is 0 Å². The maximum atomic E-state index is 13.7. The van der Waals surface area contributed by atoms with Crippen LogP contribution in [-0.4, -0.2) is 15.9 Å². The van der Waals surface area contributed by atoms with Crippen LogP contribution >= 0.6 is 23.2 Å². The lowest BCUT2D eigenvalue weighted by molar-refractivity contribution is -0.385. The molecular weight excluding hydrogens is 872 g/mol. The summed E-state index contributed by atoms with van der Waals surface area (Å²) in [6.07, 6.45) is 4.12. The molecule has 0 heterocycles. The van der Waals surface area contributed by atoms with Gasteiger partial charge in [-0.15, -0.1) is 0 Å². The Labute approximate surface area is 399 Å². The number of carbonyl (C=O) groups is 1. The van der Waals surface area contributed by atoms with Gasteiger partial charge in [-0.05, 0) is 110 Å². The summed E-state index contributed by atoms with van der Waals surface area (Å²) in [7, 11) is 0. The van der Waals surface area contributed by atoms with Crippen LogP contribution in [0.25, 0.3) is 0 Å². The first kappa shape index (κ1) is 52.2. The molecule has 0 radical (unpaired) electrons. The summed E-state index contributed by atoms with van der Waals surface area (Å²) in [5.74, 6) is 0. The third-order valence-electron chi connectivity index (χ3n) is 11.4. The van der Waals surface area contributed by atoms with Gasteiger partial charge >= 0.3 is 6.03 Å². The van der Waals surface area contributed by atoms with Gasteiger partial charge < -0.3 is 16.4 Å². The van der Waals surface area contributed by atoms with Crippen LogP contribution in [0.2, 0.25) is 10.0 Å². The number of nitrogens with zero attached hydrogens (tertiary/aromatic N) is 3. The predicted molar refractivity (Wildman–Crippen MR) is 275 cm³/mol. The van der Waals surface area contributed by atoms with Crippen molar-refractivity contribution in [3.05, 3.63) is 195 Å². The first-order valence-electron chi connectivity index (χ1n) is 22.4. The Kier molecular flexibility index (Phi) is 20.0. The van der Waals surface area contributed by atoms with Crippen LogP contribution in [0.5, 0.6) is 0 Å². The number of nitrogens with two attached hydrogens (primary N) is 1. The number of aryl methyl sites for hydroxylation is 4. The standard InChI is InChI=1S/C27H30ClN3O3.C16H19N.C10H13ClN2O2/c1-5-19-12-14-21(15-13-19)30(17-20-10-8-18(4)9-11-20)27(32)29-26-22(6-2)24(28)16-25(31(33)34)23(26)7-3;1-3-14-8-10-16(11-9-14)17-12-15-6-4-13(2)5-7-15;1-3-6-8(11)5-9(13(14)15)7(4-2)10(6)12/h8-16H,5-7,17H2,1-4H3,(H,29,32);4-11,17H,3,12H2,1-2H3;5H,3-4,12H2,1-2H3. The van der Waals surface area contributed by atoms with Gasteiger partial charge in [-0.3, -0.25) is 25.1 Å². The fourth-order valence-corrected chi connectivity index (χ4v) is 8.06.